The van der Waals surface area contributed by atoms with Crippen molar-refractivity contribution in [2.75, 3.05) is 13.3 Å². The molecular formula is C12H11N3O3S. The number of nitro benzene ring substituents is 1. The first-order valence-corrected chi connectivity index (χ1v) is 6.62. The van der Waals surface area contributed by atoms with Crippen molar-refractivity contribution in [3.05, 3.63) is 45.6 Å². The van der Waals surface area contributed by atoms with Crippen molar-refractivity contribution in [1.29, 1.82) is 0 Å². The second-order valence-electron chi connectivity index (χ2n) is 3.84. The largest absolute Gasteiger partial charge is 0.289 e. The number of amides is 1. The van der Waals surface area contributed by atoms with Crippen molar-refractivity contribution >= 4 is 34.6 Å². The van der Waals surface area contributed by atoms with Gasteiger partial charge in [0, 0.05) is 19.2 Å². The minimum atomic E-state index is -0.463. The van der Waals surface area contributed by atoms with Gasteiger partial charge in [-0.05, 0) is 30.0 Å². The molecule has 1 aromatic carbocycles. The second-order valence-corrected chi connectivity index (χ2v) is 4.61. The van der Waals surface area contributed by atoms with E-state index >= 15 is 0 Å². The molecule has 1 amide bonds. The molecule has 0 unspecified atom stereocenters. The van der Waals surface area contributed by atoms with Crippen LogP contribution in [0.4, 0.5) is 5.69 Å². The number of amidine groups is 1. The van der Waals surface area contributed by atoms with E-state index in [2.05, 4.69) is 4.99 Å². The van der Waals surface area contributed by atoms with E-state index in [0.717, 1.165) is 0 Å². The number of carbonyl (C=O) groups excluding carboxylic acids is 1. The molecule has 19 heavy (non-hydrogen) atoms. The van der Waals surface area contributed by atoms with E-state index in [-0.39, 0.29) is 11.6 Å². The zero-order valence-electron chi connectivity index (χ0n) is 10.4. The van der Waals surface area contributed by atoms with Gasteiger partial charge in [-0.3, -0.25) is 19.8 Å². The highest BCUT2D eigenvalue weighted by Crippen LogP contribution is 2.22. The summed E-state index contributed by atoms with van der Waals surface area (Å²) in [6.07, 6.45) is 3.46. The van der Waals surface area contributed by atoms with Crippen molar-refractivity contribution in [3.63, 3.8) is 0 Å². The number of nitro groups is 1. The van der Waals surface area contributed by atoms with Gasteiger partial charge in [-0.1, -0.05) is 11.8 Å². The predicted molar refractivity (Wildman–Crippen MR) is 74.8 cm³/mol. The summed E-state index contributed by atoms with van der Waals surface area (Å²) in [6.45, 7) is 0. The molecule has 0 aromatic heterocycles. The molecule has 0 aliphatic carbocycles. The normalized spacial score (nSPS) is 16.9. The molecule has 0 bridgehead atoms. The van der Waals surface area contributed by atoms with Crippen LogP contribution in [0.1, 0.15) is 5.56 Å². The maximum absolute atomic E-state index is 11.9. The standard InChI is InChI=1S/C12H11N3O3S/c1-14-11(16)10(13-12(14)19-2)7-8-3-5-9(6-4-8)15(17)18/h3-7H,1-2H3/b10-7-. The van der Waals surface area contributed by atoms with Crippen molar-refractivity contribution in [2.24, 2.45) is 4.99 Å². The summed E-state index contributed by atoms with van der Waals surface area (Å²) in [5, 5.41) is 11.2. The first-order valence-electron chi connectivity index (χ1n) is 5.40. The van der Waals surface area contributed by atoms with Crippen LogP contribution in [-0.4, -0.2) is 34.2 Å². The average molecular weight is 277 g/mol. The SMILES string of the molecule is CSC1=N/C(=C\c2ccc([N+](=O)[O-])cc2)C(=O)N1C. The number of hydrogen-bond donors (Lipinski definition) is 0. The lowest BCUT2D eigenvalue weighted by atomic mass is 10.2. The monoisotopic (exact) mass is 277 g/mol. The summed E-state index contributed by atoms with van der Waals surface area (Å²) in [6, 6.07) is 5.97. The summed E-state index contributed by atoms with van der Waals surface area (Å²) < 4.78 is 0. The van der Waals surface area contributed by atoms with Gasteiger partial charge in [0.15, 0.2) is 5.17 Å². The Morgan fingerprint density at radius 3 is 2.47 bits per heavy atom. The fourth-order valence-electron chi connectivity index (χ4n) is 1.61. The number of carbonyl (C=O) groups is 1. The molecule has 0 fully saturated rings. The van der Waals surface area contributed by atoms with Gasteiger partial charge in [0.2, 0.25) is 0 Å². The van der Waals surface area contributed by atoms with Gasteiger partial charge >= 0.3 is 0 Å². The minimum Gasteiger partial charge on any atom is -0.289 e. The molecule has 2 rings (SSSR count). The number of hydrogen-bond acceptors (Lipinski definition) is 5. The lowest BCUT2D eigenvalue weighted by Crippen LogP contribution is -2.25. The van der Waals surface area contributed by atoms with Crippen molar-refractivity contribution in [2.45, 2.75) is 0 Å². The molecule has 1 aliphatic heterocycles. The van der Waals surface area contributed by atoms with E-state index in [9.17, 15) is 14.9 Å². The number of rotatable bonds is 2. The maximum atomic E-state index is 11.9. The highest BCUT2D eigenvalue weighted by Gasteiger charge is 2.25. The number of likely N-dealkylation sites (N-methyl/N-ethyl adjacent to an activating group) is 1. The van der Waals surface area contributed by atoms with Gasteiger partial charge < -0.3 is 0 Å². The lowest BCUT2D eigenvalue weighted by molar-refractivity contribution is -0.384. The van der Waals surface area contributed by atoms with Gasteiger partial charge in [-0.15, -0.1) is 0 Å². The van der Waals surface area contributed by atoms with E-state index < -0.39 is 4.92 Å². The number of non-ortho nitro benzene ring substituents is 1. The number of benzene rings is 1. The first kappa shape index (κ1) is 13.3. The molecule has 98 valence electrons. The summed E-state index contributed by atoms with van der Waals surface area (Å²) in [4.78, 5) is 27.6. The highest BCUT2D eigenvalue weighted by atomic mass is 32.2. The summed E-state index contributed by atoms with van der Waals surface area (Å²) in [5.74, 6) is -0.178. The molecule has 0 N–H and O–H groups in total. The van der Waals surface area contributed by atoms with Crippen LogP contribution in [0, 0.1) is 10.1 Å². The molecule has 0 atom stereocenters. The quantitative estimate of drug-likeness (QED) is 0.471. The Bertz CT molecular complexity index is 593. The molecule has 0 saturated carbocycles. The third-order valence-electron chi connectivity index (χ3n) is 2.62. The Hall–Kier alpha value is -2.15. The van der Waals surface area contributed by atoms with E-state index in [1.165, 1.54) is 28.8 Å². The molecule has 0 radical (unpaired) electrons. The fourth-order valence-corrected chi connectivity index (χ4v) is 2.16. The van der Waals surface area contributed by atoms with Crippen molar-refractivity contribution < 1.29 is 9.72 Å². The number of aliphatic imine (C=N–C) groups is 1. The molecule has 1 aliphatic rings. The van der Waals surface area contributed by atoms with Gasteiger partial charge in [-0.2, -0.15) is 0 Å². The van der Waals surface area contributed by atoms with Crippen LogP contribution in [0.15, 0.2) is 35.0 Å². The van der Waals surface area contributed by atoms with Crippen LogP contribution < -0.4 is 0 Å². The van der Waals surface area contributed by atoms with Crippen LogP contribution in [0.2, 0.25) is 0 Å². The summed E-state index contributed by atoms with van der Waals surface area (Å²) >= 11 is 1.39. The molecular weight excluding hydrogens is 266 g/mol. The topological polar surface area (TPSA) is 75.8 Å². The van der Waals surface area contributed by atoms with E-state index in [4.69, 9.17) is 0 Å². The van der Waals surface area contributed by atoms with Gasteiger partial charge in [0.05, 0.1) is 4.92 Å². The third kappa shape index (κ3) is 2.65. The van der Waals surface area contributed by atoms with E-state index in [1.807, 2.05) is 6.26 Å². The van der Waals surface area contributed by atoms with Gasteiger partial charge in [-0.25, -0.2) is 4.99 Å². The molecule has 0 spiro atoms. The Morgan fingerprint density at radius 1 is 1.37 bits per heavy atom. The van der Waals surface area contributed by atoms with Crippen LogP contribution in [0.25, 0.3) is 6.08 Å². The fraction of sp³-hybridized carbons (Fsp3) is 0.167. The average Bonchev–Trinajstić information content (AvgIpc) is 2.67. The molecule has 1 aromatic rings. The Balaban J connectivity index is 2.29. The summed E-state index contributed by atoms with van der Waals surface area (Å²) in [5.41, 5.74) is 1.06. The van der Waals surface area contributed by atoms with Crippen LogP contribution in [-0.2, 0) is 4.79 Å². The Labute approximate surface area is 114 Å². The highest BCUT2D eigenvalue weighted by molar-refractivity contribution is 8.13. The Kier molecular flexibility index (Phi) is 3.66. The Morgan fingerprint density at radius 2 is 2.00 bits per heavy atom. The predicted octanol–water partition coefficient (Wildman–Crippen LogP) is 2.13. The first-order chi connectivity index (χ1) is 9.02. The van der Waals surface area contributed by atoms with Crippen molar-refractivity contribution in [3.8, 4) is 0 Å². The van der Waals surface area contributed by atoms with Crippen LogP contribution in [0.5, 0.6) is 0 Å². The molecule has 0 saturated heterocycles. The third-order valence-corrected chi connectivity index (χ3v) is 3.35. The zero-order chi connectivity index (χ0) is 14.0. The molecule has 6 nitrogen and oxygen atoms in total. The van der Waals surface area contributed by atoms with Crippen LogP contribution in [0.3, 0.4) is 0 Å². The minimum absolute atomic E-state index is 0.0188. The zero-order valence-corrected chi connectivity index (χ0v) is 11.2. The van der Waals surface area contributed by atoms with Gasteiger partial charge in [0.25, 0.3) is 11.6 Å². The maximum Gasteiger partial charge on any atom is 0.278 e. The number of nitrogens with zero attached hydrogens (tertiary/aromatic N) is 3. The molecule has 7 heteroatoms. The van der Waals surface area contributed by atoms with Crippen LogP contribution >= 0.6 is 11.8 Å². The smallest absolute Gasteiger partial charge is 0.278 e. The van der Waals surface area contributed by atoms with Gasteiger partial charge in [0.1, 0.15) is 5.70 Å². The number of thioether (sulfide) groups is 1. The van der Waals surface area contributed by atoms with Crippen molar-refractivity contribution in [1.82, 2.24) is 4.90 Å². The lowest BCUT2D eigenvalue weighted by Gasteiger charge is -2.07. The second kappa shape index (κ2) is 5.23. The van der Waals surface area contributed by atoms with E-state index in [1.54, 1.807) is 25.3 Å². The van der Waals surface area contributed by atoms with E-state index in [0.29, 0.717) is 16.4 Å². The molecule has 1 heterocycles. The summed E-state index contributed by atoms with van der Waals surface area (Å²) in [7, 11) is 1.66.